The number of hydrogen-bond acceptors (Lipinski definition) is 4. The molecule has 3 aliphatic rings. The van der Waals surface area contributed by atoms with Crippen molar-refractivity contribution in [2.45, 2.75) is 43.7 Å². The molecule has 1 fully saturated rings. The molecule has 0 unspecified atom stereocenters. The second-order valence-corrected chi connectivity index (χ2v) is 7.09. The zero-order chi connectivity index (χ0) is 16.7. The van der Waals surface area contributed by atoms with Crippen molar-refractivity contribution in [1.29, 1.82) is 0 Å². The fourth-order valence-electron chi connectivity index (χ4n) is 4.98. The Morgan fingerprint density at radius 2 is 1.83 bits per heavy atom. The van der Waals surface area contributed by atoms with Crippen molar-refractivity contribution in [3.05, 3.63) is 34.9 Å². The van der Waals surface area contributed by atoms with Gasteiger partial charge >= 0.3 is 0 Å². The molecule has 1 aromatic carbocycles. The number of nitrogens with zero attached hydrogens (tertiary/aromatic N) is 1. The van der Waals surface area contributed by atoms with Gasteiger partial charge in [-0.25, -0.2) is 0 Å². The molecule has 0 saturated carbocycles. The molecule has 24 heavy (non-hydrogen) atoms. The first-order valence-corrected chi connectivity index (χ1v) is 8.95. The minimum absolute atomic E-state index is 0.00961. The van der Waals surface area contributed by atoms with Crippen LogP contribution >= 0.6 is 0 Å². The van der Waals surface area contributed by atoms with Gasteiger partial charge in [-0.05, 0) is 61.1 Å². The van der Waals surface area contributed by atoms with Crippen LogP contribution in [0.15, 0.2) is 23.8 Å². The Hall–Kier alpha value is -1.52. The van der Waals surface area contributed by atoms with E-state index in [0.717, 1.165) is 43.9 Å². The number of aryl methyl sites for hydroxylation is 1. The maximum absolute atomic E-state index is 5.77. The lowest BCUT2D eigenvalue weighted by atomic mass is 9.73. The van der Waals surface area contributed by atoms with E-state index in [9.17, 15) is 0 Å². The number of benzene rings is 1. The summed E-state index contributed by atoms with van der Waals surface area (Å²) in [4.78, 5) is 2.68. The van der Waals surface area contributed by atoms with Crippen LogP contribution in [-0.2, 0) is 16.7 Å². The Bertz CT molecular complexity index is 669. The number of fused-ring (bicyclic) bond motifs is 1. The van der Waals surface area contributed by atoms with Crippen LogP contribution in [0.5, 0.6) is 11.5 Å². The Morgan fingerprint density at radius 3 is 2.58 bits per heavy atom. The van der Waals surface area contributed by atoms with E-state index in [0.29, 0.717) is 0 Å². The molecule has 2 atom stereocenters. The molecule has 1 saturated heterocycles. The van der Waals surface area contributed by atoms with Crippen molar-refractivity contribution in [2.24, 2.45) is 0 Å². The van der Waals surface area contributed by atoms with Crippen molar-refractivity contribution in [3.8, 4) is 11.5 Å². The van der Waals surface area contributed by atoms with Crippen LogP contribution in [0.4, 0.5) is 0 Å². The fourth-order valence-corrected chi connectivity index (χ4v) is 4.98. The molecular formula is C20H27NO3. The first-order chi connectivity index (χ1) is 11.7. The predicted molar refractivity (Wildman–Crippen MR) is 93.8 cm³/mol. The van der Waals surface area contributed by atoms with Crippen LogP contribution in [0.3, 0.4) is 0 Å². The number of methoxy groups -OCH3 is 3. The van der Waals surface area contributed by atoms with Gasteiger partial charge in [0, 0.05) is 20.1 Å². The average molecular weight is 329 g/mol. The lowest BCUT2D eigenvalue weighted by molar-refractivity contribution is 0.0346. The molecule has 0 bridgehead atoms. The van der Waals surface area contributed by atoms with E-state index in [1.54, 1.807) is 19.8 Å². The van der Waals surface area contributed by atoms with Gasteiger partial charge in [-0.15, -0.1) is 0 Å². The van der Waals surface area contributed by atoms with Crippen molar-refractivity contribution < 1.29 is 14.2 Å². The van der Waals surface area contributed by atoms with Gasteiger partial charge in [-0.1, -0.05) is 6.08 Å². The van der Waals surface area contributed by atoms with E-state index in [2.05, 4.69) is 23.1 Å². The molecule has 2 heterocycles. The fraction of sp³-hybridized carbons (Fsp3) is 0.600. The molecule has 1 aliphatic carbocycles. The molecule has 1 aromatic rings. The lowest BCUT2D eigenvalue weighted by Gasteiger charge is -2.44. The van der Waals surface area contributed by atoms with Gasteiger partial charge in [-0.2, -0.15) is 0 Å². The highest BCUT2D eigenvalue weighted by atomic mass is 16.5. The molecule has 2 aliphatic heterocycles. The number of hydrogen-bond donors (Lipinski definition) is 0. The van der Waals surface area contributed by atoms with Crippen molar-refractivity contribution in [2.75, 3.05) is 34.4 Å². The molecule has 4 nitrogen and oxygen atoms in total. The van der Waals surface area contributed by atoms with Crippen LogP contribution in [-0.4, -0.2) is 45.4 Å². The monoisotopic (exact) mass is 329 g/mol. The summed E-state index contributed by atoms with van der Waals surface area (Å²) >= 11 is 0. The van der Waals surface area contributed by atoms with Crippen LogP contribution in [0, 0.1) is 0 Å². The summed E-state index contributed by atoms with van der Waals surface area (Å²) in [7, 11) is 5.28. The van der Waals surface area contributed by atoms with Crippen LogP contribution in [0.2, 0.25) is 0 Å². The lowest BCUT2D eigenvalue weighted by Crippen LogP contribution is -2.46. The number of ether oxygens (including phenoxy) is 3. The molecule has 0 aromatic heterocycles. The quantitative estimate of drug-likeness (QED) is 0.796. The van der Waals surface area contributed by atoms with Gasteiger partial charge in [0.2, 0.25) is 0 Å². The van der Waals surface area contributed by atoms with E-state index in [1.165, 1.54) is 24.0 Å². The first kappa shape index (κ1) is 16.0. The number of rotatable bonds is 3. The average Bonchev–Trinajstić information content (AvgIpc) is 2.92. The van der Waals surface area contributed by atoms with Crippen molar-refractivity contribution in [1.82, 2.24) is 4.90 Å². The predicted octanol–water partition coefficient (Wildman–Crippen LogP) is 3.29. The Morgan fingerprint density at radius 1 is 1.04 bits per heavy atom. The zero-order valence-electron chi connectivity index (χ0n) is 14.9. The zero-order valence-corrected chi connectivity index (χ0v) is 14.9. The molecule has 4 heteroatoms. The van der Waals surface area contributed by atoms with Gasteiger partial charge in [0.15, 0.2) is 11.5 Å². The second kappa shape index (κ2) is 6.08. The maximum atomic E-state index is 5.77. The highest BCUT2D eigenvalue weighted by Crippen LogP contribution is 2.53. The molecule has 4 rings (SSSR count). The van der Waals surface area contributed by atoms with Gasteiger partial charge in [0.05, 0.1) is 25.9 Å². The molecule has 0 radical (unpaired) electrons. The third-order valence-electron chi connectivity index (χ3n) is 6.13. The third kappa shape index (κ3) is 2.20. The van der Waals surface area contributed by atoms with Gasteiger partial charge in [-0.3, -0.25) is 4.90 Å². The highest BCUT2D eigenvalue weighted by molar-refractivity contribution is 5.54. The van der Waals surface area contributed by atoms with Gasteiger partial charge < -0.3 is 14.2 Å². The minimum Gasteiger partial charge on any atom is -0.493 e. The normalized spacial score (nSPS) is 29.1. The van der Waals surface area contributed by atoms with E-state index in [-0.39, 0.29) is 11.6 Å². The van der Waals surface area contributed by atoms with Crippen molar-refractivity contribution in [3.63, 3.8) is 0 Å². The summed E-state index contributed by atoms with van der Waals surface area (Å²) in [5, 5.41) is 0. The summed E-state index contributed by atoms with van der Waals surface area (Å²) in [6, 6.07) is 4.42. The molecule has 0 N–H and O–H groups in total. The summed E-state index contributed by atoms with van der Waals surface area (Å²) in [5.74, 6) is 1.67. The summed E-state index contributed by atoms with van der Waals surface area (Å²) in [5.41, 5.74) is 4.37. The Kier molecular flexibility index (Phi) is 4.05. The van der Waals surface area contributed by atoms with E-state index >= 15 is 0 Å². The first-order valence-electron chi connectivity index (χ1n) is 8.95. The summed E-state index contributed by atoms with van der Waals surface area (Å²) < 4.78 is 17.0. The summed E-state index contributed by atoms with van der Waals surface area (Å²) in [6.07, 6.45) is 8.25. The van der Waals surface area contributed by atoms with E-state index in [1.807, 2.05) is 7.11 Å². The van der Waals surface area contributed by atoms with Crippen LogP contribution < -0.4 is 9.47 Å². The van der Waals surface area contributed by atoms with E-state index in [4.69, 9.17) is 14.2 Å². The van der Waals surface area contributed by atoms with E-state index < -0.39 is 0 Å². The largest absolute Gasteiger partial charge is 0.493 e. The smallest absolute Gasteiger partial charge is 0.161 e. The molecule has 1 spiro atoms. The summed E-state index contributed by atoms with van der Waals surface area (Å²) in [6.45, 7) is 2.29. The molecular weight excluding hydrogens is 302 g/mol. The molecule has 130 valence electrons. The SMILES string of the molecule is COc1cc2c(cc1OC)[C@]13C[C@@H](OC)CC=C1CCN3CCC2. The van der Waals surface area contributed by atoms with Crippen molar-refractivity contribution >= 4 is 0 Å². The standard InChI is InChI=1S/C20H27NO3/c1-22-16-7-6-15-8-10-21-9-4-5-14-11-18(23-2)19(24-3)12-17(14)20(15,21)13-16/h6,11-12,16H,4-5,7-10,13H2,1-3H3/t16-,20-/m0/s1. The van der Waals surface area contributed by atoms with Crippen LogP contribution in [0.25, 0.3) is 0 Å². The Labute approximate surface area is 144 Å². The Balaban J connectivity index is 1.92. The van der Waals surface area contributed by atoms with Gasteiger partial charge in [0.1, 0.15) is 0 Å². The maximum Gasteiger partial charge on any atom is 0.161 e. The molecule has 0 amide bonds. The second-order valence-electron chi connectivity index (χ2n) is 7.09. The minimum atomic E-state index is -0.00961. The highest BCUT2D eigenvalue weighted by Gasteiger charge is 2.51. The van der Waals surface area contributed by atoms with Gasteiger partial charge in [0.25, 0.3) is 0 Å². The van der Waals surface area contributed by atoms with Crippen LogP contribution in [0.1, 0.15) is 36.8 Å². The topological polar surface area (TPSA) is 30.9 Å². The third-order valence-corrected chi connectivity index (χ3v) is 6.13.